The fourth-order valence-corrected chi connectivity index (χ4v) is 3.15. The highest BCUT2D eigenvalue weighted by Crippen LogP contribution is 2.18. The number of hydrogen-bond acceptors (Lipinski definition) is 6. The molecule has 3 rings (SSSR count). The molecule has 7 nitrogen and oxygen atoms in total. The molecule has 1 saturated heterocycles. The topological polar surface area (TPSA) is 77.2 Å². The van der Waals surface area contributed by atoms with Gasteiger partial charge in [0.1, 0.15) is 0 Å². The fraction of sp³-hybridized carbons (Fsp3) is 0.471. The summed E-state index contributed by atoms with van der Waals surface area (Å²) in [5.41, 5.74) is 2.22. The number of anilines is 2. The van der Waals surface area contributed by atoms with Crippen molar-refractivity contribution in [2.45, 2.75) is 25.4 Å². The monoisotopic (exact) mass is 328 g/mol. The zero-order valence-corrected chi connectivity index (χ0v) is 14.2. The summed E-state index contributed by atoms with van der Waals surface area (Å²) in [6, 6.07) is 2.35. The molecule has 2 aromatic rings. The van der Waals surface area contributed by atoms with E-state index in [1.165, 1.54) is 11.3 Å². The largest absolute Gasteiger partial charge is 0.377 e. The molecule has 128 valence electrons. The van der Waals surface area contributed by atoms with Gasteiger partial charge >= 0.3 is 0 Å². The van der Waals surface area contributed by atoms with Gasteiger partial charge in [0.2, 0.25) is 0 Å². The van der Waals surface area contributed by atoms with Gasteiger partial charge in [-0.2, -0.15) is 0 Å². The van der Waals surface area contributed by atoms with E-state index in [4.69, 9.17) is 0 Å². The van der Waals surface area contributed by atoms with Gasteiger partial charge in [0.25, 0.3) is 5.56 Å². The van der Waals surface area contributed by atoms with Crippen molar-refractivity contribution in [3.8, 4) is 0 Å². The van der Waals surface area contributed by atoms with Gasteiger partial charge in [-0.25, -0.2) is 4.98 Å². The van der Waals surface area contributed by atoms with E-state index in [2.05, 4.69) is 30.1 Å². The van der Waals surface area contributed by atoms with Crippen molar-refractivity contribution in [1.82, 2.24) is 20.3 Å². The van der Waals surface area contributed by atoms with E-state index in [1.54, 1.807) is 12.4 Å². The van der Waals surface area contributed by atoms with Crippen LogP contribution in [0, 0.1) is 0 Å². The molecule has 1 unspecified atom stereocenters. The van der Waals surface area contributed by atoms with E-state index in [-0.39, 0.29) is 5.56 Å². The summed E-state index contributed by atoms with van der Waals surface area (Å²) in [6.45, 7) is 2.42. The summed E-state index contributed by atoms with van der Waals surface area (Å²) in [6.07, 6.45) is 9.06. The molecule has 7 heteroatoms. The lowest BCUT2D eigenvalue weighted by molar-refractivity contribution is 0.419. The second kappa shape index (κ2) is 7.44. The van der Waals surface area contributed by atoms with Crippen LogP contribution in [0.4, 0.5) is 11.5 Å². The minimum Gasteiger partial charge on any atom is -0.377 e. The lowest BCUT2D eigenvalue weighted by Gasteiger charge is -2.33. The van der Waals surface area contributed by atoms with Gasteiger partial charge in [0.15, 0.2) is 5.82 Å². The van der Waals surface area contributed by atoms with Crippen LogP contribution in [-0.4, -0.2) is 48.2 Å². The molecule has 3 heterocycles. The van der Waals surface area contributed by atoms with Crippen LogP contribution in [0.25, 0.3) is 0 Å². The number of nitrogens with zero attached hydrogens (tertiary/aromatic N) is 4. The number of aromatic nitrogens is 3. The Labute approximate surface area is 141 Å². The van der Waals surface area contributed by atoms with E-state index in [1.807, 2.05) is 32.6 Å². The smallest absolute Gasteiger partial charge is 0.290 e. The zero-order chi connectivity index (χ0) is 16.9. The van der Waals surface area contributed by atoms with E-state index >= 15 is 0 Å². The number of rotatable bonds is 5. The molecule has 0 aromatic carbocycles. The van der Waals surface area contributed by atoms with Gasteiger partial charge in [-0.15, -0.1) is 0 Å². The molecule has 1 aliphatic heterocycles. The third-order valence-corrected chi connectivity index (χ3v) is 4.35. The maximum absolute atomic E-state index is 11.9. The molecule has 0 aliphatic carbocycles. The van der Waals surface area contributed by atoms with Crippen molar-refractivity contribution in [3.63, 3.8) is 0 Å². The summed E-state index contributed by atoms with van der Waals surface area (Å²) in [5.74, 6) is 0.513. The van der Waals surface area contributed by atoms with Crippen molar-refractivity contribution in [2.75, 3.05) is 37.0 Å². The third-order valence-electron chi connectivity index (χ3n) is 4.35. The van der Waals surface area contributed by atoms with Crippen LogP contribution in [-0.2, 0) is 6.54 Å². The highest BCUT2D eigenvalue weighted by molar-refractivity contribution is 5.50. The predicted octanol–water partition coefficient (Wildman–Crippen LogP) is 0.989. The van der Waals surface area contributed by atoms with Crippen LogP contribution in [0.5, 0.6) is 0 Å². The standard InChI is InChI=1S/C17H24N6O/c1-22(2)15-5-6-18-10-13(15)11-21-14-4-3-9-23(12-14)16-17(24)20-8-7-19-16/h5-8,10,14,21H,3-4,9,11-12H2,1-2H3,(H,20,24). The molecular weight excluding hydrogens is 304 g/mol. The van der Waals surface area contributed by atoms with Crippen LogP contribution in [0.3, 0.4) is 0 Å². The number of aromatic amines is 1. The molecule has 0 amide bonds. The molecular formula is C17H24N6O. The Morgan fingerprint density at radius 1 is 1.42 bits per heavy atom. The minimum absolute atomic E-state index is 0.125. The summed E-state index contributed by atoms with van der Waals surface area (Å²) in [5, 5.41) is 3.60. The molecule has 24 heavy (non-hydrogen) atoms. The fourth-order valence-electron chi connectivity index (χ4n) is 3.15. The normalized spacial score (nSPS) is 17.8. The first-order valence-corrected chi connectivity index (χ1v) is 8.27. The van der Waals surface area contributed by atoms with Crippen molar-refractivity contribution in [1.29, 1.82) is 0 Å². The molecule has 2 N–H and O–H groups in total. The third kappa shape index (κ3) is 3.73. The number of hydrogen-bond donors (Lipinski definition) is 2. The molecule has 0 saturated carbocycles. The van der Waals surface area contributed by atoms with Gasteiger partial charge in [-0.05, 0) is 18.9 Å². The number of H-pyrrole nitrogens is 1. The molecule has 1 atom stereocenters. The maximum atomic E-state index is 11.9. The van der Waals surface area contributed by atoms with E-state index < -0.39 is 0 Å². The Morgan fingerprint density at radius 2 is 2.29 bits per heavy atom. The van der Waals surface area contributed by atoms with Gasteiger partial charge in [-0.3, -0.25) is 9.78 Å². The van der Waals surface area contributed by atoms with Crippen LogP contribution in [0.1, 0.15) is 18.4 Å². The molecule has 1 fully saturated rings. The molecule has 1 aliphatic rings. The Balaban J connectivity index is 1.64. The number of pyridine rings is 1. The van der Waals surface area contributed by atoms with Gasteiger partial charge < -0.3 is 20.1 Å². The lowest BCUT2D eigenvalue weighted by atomic mass is 10.1. The van der Waals surface area contributed by atoms with Crippen LogP contribution >= 0.6 is 0 Å². The first-order valence-electron chi connectivity index (χ1n) is 8.27. The summed E-state index contributed by atoms with van der Waals surface area (Å²) in [7, 11) is 4.07. The Kier molecular flexibility index (Phi) is 5.10. The van der Waals surface area contributed by atoms with Crippen molar-refractivity contribution >= 4 is 11.5 Å². The highest BCUT2D eigenvalue weighted by Gasteiger charge is 2.22. The summed E-state index contributed by atoms with van der Waals surface area (Å²) >= 11 is 0. The van der Waals surface area contributed by atoms with Crippen LogP contribution in [0.2, 0.25) is 0 Å². The Morgan fingerprint density at radius 3 is 3.08 bits per heavy atom. The summed E-state index contributed by atoms with van der Waals surface area (Å²) < 4.78 is 0. The second-order valence-electron chi connectivity index (χ2n) is 6.31. The van der Waals surface area contributed by atoms with Gasteiger partial charge in [0.05, 0.1) is 0 Å². The van der Waals surface area contributed by atoms with E-state index in [0.29, 0.717) is 11.9 Å². The Bertz CT molecular complexity index is 729. The first-order chi connectivity index (χ1) is 11.6. The summed E-state index contributed by atoms with van der Waals surface area (Å²) in [4.78, 5) is 27.3. The van der Waals surface area contributed by atoms with Crippen LogP contribution < -0.4 is 20.7 Å². The van der Waals surface area contributed by atoms with Crippen molar-refractivity contribution in [3.05, 3.63) is 46.8 Å². The number of piperidine rings is 1. The van der Waals surface area contributed by atoms with Gasteiger partial charge in [0, 0.05) is 75.8 Å². The maximum Gasteiger partial charge on any atom is 0.290 e. The zero-order valence-electron chi connectivity index (χ0n) is 14.2. The molecule has 0 radical (unpaired) electrons. The average Bonchev–Trinajstić information content (AvgIpc) is 2.61. The minimum atomic E-state index is -0.125. The average molecular weight is 328 g/mol. The number of nitrogens with one attached hydrogen (secondary N) is 2. The SMILES string of the molecule is CN(C)c1ccncc1CNC1CCCN(c2ncc[nH]c2=O)C1. The highest BCUT2D eigenvalue weighted by atomic mass is 16.1. The van der Waals surface area contributed by atoms with Gasteiger partial charge in [-0.1, -0.05) is 0 Å². The quantitative estimate of drug-likeness (QED) is 0.852. The predicted molar refractivity (Wildman–Crippen MR) is 95.5 cm³/mol. The Hall–Kier alpha value is -2.41. The van der Waals surface area contributed by atoms with Crippen molar-refractivity contribution in [2.24, 2.45) is 0 Å². The van der Waals surface area contributed by atoms with Crippen molar-refractivity contribution < 1.29 is 0 Å². The van der Waals surface area contributed by atoms with E-state index in [0.717, 1.165) is 32.5 Å². The van der Waals surface area contributed by atoms with E-state index in [9.17, 15) is 4.79 Å². The molecule has 0 spiro atoms. The first kappa shape index (κ1) is 16.4. The second-order valence-corrected chi connectivity index (χ2v) is 6.31. The molecule has 0 bridgehead atoms. The lowest BCUT2D eigenvalue weighted by Crippen LogP contribution is -2.47. The van der Waals surface area contributed by atoms with Crippen LogP contribution in [0.15, 0.2) is 35.6 Å². The molecule has 2 aromatic heterocycles.